The van der Waals surface area contributed by atoms with Gasteiger partial charge in [-0.1, -0.05) is 12.8 Å². The molecule has 1 aliphatic carbocycles. The van der Waals surface area contributed by atoms with Gasteiger partial charge in [0.1, 0.15) is 0 Å². The van der Waals surface area contributed by atoms with Crippen molar-refractivity contribution in [3.63, 3.8) is 0 Å². The van der Waals surface area contributed by atoms with Crippen LogP contribution in [0.15, 0.2) is 12.4 Å². The van der Waals surface area contributed by atoms with Gasteiger partial charge in [0.25, 0.3) is 0 Å². The number of aromatic nitrogens is 2. The minimum Gasteiger partial charge on any atom is -0.321 e. The second kappa shape index (κ2) is 2.34. The van der Waals surface area contributed by atoms with E-state index in [9.17, 15) is 0 Å². The predicted octanol–water partition coefficient (Wildman–Crippen LogP) is 1.14. The van der Waals surface area contributed by atoms with E-state index in [2.05, 4.69) is 10.2 Å². The molecule has 0 unspecified atom stereocenters. The normalized spacial score (nSPS) is 22.3. The lowest BCUT2D eigenvalue weighted by Crippen LogP contribution is -2.32. The highest BCUT2D eigenvalue weighted by Gasteiger charge is 2.31. The van der Waals surface area contributed by atoms with Crippen LogP contribution in [0.25, 0.3) is 0 Å². The summed E-state index contributed by atoms with van der Waals surface area (Å²) in [6.07, 6.45) is 8.46. The van der Waals surface area contributed by atoms with E-state index in [0.29, 0.717) is 0 Å². The molecule has 1 aliphatic rings. The monoisotopic (exact) mass is 151 g/mol. The Bertz CT molecular complexity index is 221. The highest BCUT2D eigenvalue weighted by Crippen LogP contribution is 2.35. The number of hydrogen-bond acceptors (Lipinski definition) is 2. The van der Waals surface area contributed by atoms with Crippen LogP contribution in [-0.2, 0) is 5.54 Å². The van der Waals surface area contributed by atoms with Gasteiger partial charge in [-0.25, -0.2) is 0 Å². The van der Waals surface area contributed by atoms with Gasteiger partial charge in [-0.3, -0.25) is 5.10 Å². The zero-order chi connectivity index (χ0) is 7.73. The van der Waals surface area contributed by atoms with Crippen molar-refractivity contribution < 1.29 is 0 Å². The van der Waals surface area contributed by atoms with Gasteiger partial charge in [-0.05, 0) is 12.8 Å². The quantitative estimate of drug-likeness (QED) is 0.632. The van der Waals surface area contributed by atoms with Crippen molar-refractivity contribution >= 4 is 0 Å². The fourth-order valence-electron chi connectivity index (χ4n) is 1.82. The minimum absolute atomic E-state index is 0.0764. The molecular weight excluding hydrogens is 138 g/mol. The first-order valence-corrected chi connectivity index (χ1v) is 4.09. The molecule has 1 aromatic heterocycles. The fourth-order valence-corrected chi connectivity index (χ4v) is 1.82. The van der Waals surface area contributed by atoms with E-state index in [0.717, 1.165) is 18.4 Å². The zero-order valence-corrected chi connectivity index (χ0v) is 6.51. The lowest BCUT2D eigenvalue weighted by molar-refractivity contribution is 0.462. The minimum atomic E-state index is -0.0764. The fraction of sp³-hybridized carbons (Fsp3) is 0.625. The molecule has 3 N–H and O–H groups in total. The topological polar surface area (TPSA) is 54.7 Å². The maximum atomic E-state index is 6.16. The highest BCUT2D eigenvalue weighted by atomic mass is 15.1. The molecule has 0 atom stereocenters. The Morgan fingerprint density at radius 1 is 1.45 bits per heavy atom. The van der Waals surface area contributed by atoms with Crippen LogP contribution >= 0.6 is 0 Å². The standard InChI is InChI=1S/C8H13N3/c9-8(3-1-2-4-8)7-5-10-11-6-7/h5-6H,1-4,9H2,(H,10,11). The van der Waals surface area contributed by atoms with E-state index in [1.165, 1.54) is 12.8 Å². The zero-order valence-electron chi connectivity index (χ0n) is 6.51. The Morgan fingerprint density at radius 3 is 2.73 bits per heavy atom. The van der Waals surface area contributed by atoms with Crippen LogP contribution in [0.2, 0.25) is 0 Å². The van der Waals surface area contributed by atoms with Gasteiger partial charge in [0.05, 0.1) is 6.20 Å². The molecule has 0 saturated heterocycles. The van der Waals surface area contributed by atoms with Crippen molar-refractivity contribution in [2.24, 2.45) is 5.73 Å². The third-order valence-corrected chi connectivity index (χ3v) is 2.57. The molecule has 1 fully saturated rings. The molecule has 1 aromatic rings. The van der Waals surface area contributed by atoms with Gasteiger partial charge >= 0.3 is 0 Å². The summed E-state index contributed by atoms with van der Waals surface area (Å²) in [5, 5.41) is 6.71. The van der Waals surface area contributed by atoms with E-state index >= 15 is 0 Å². The summed E-state index contributed by atoms with van der Waals surface area (Å²) in [7, 11) is 0. The van der Waals surface area contributed by atoms with Crippen LogP contribution in [0, 0.1) is 0 Å². The molecule has 3 nitrogen and oxygen atoms in total. The molecule has 0 aromatic carbocycles. The van der Waals surface area contributed by atoms with Crippen molar-refractivity contribution in [2.45, 2.75) is 31.2 Å². The Balaban J connectivity index is 2.27. The summed E-state index contributed by atoms with van der Waals surface area (Å²) >= 11 is 0. The lowest BCUT2D eigenvalue weighted by atomic mass is 9.92. The predicted molar refractivity (Wildman–Crippen MR) is 42.9 cm³/mol. The molecule has 60 valence electrons. The summed E-state index contributed by atoms with van der Waals surface area (Å²) in [6, 6.07) is 0. The van der Waals surface area contributed by atoms with E-state index < -0.39 is 0 Å². The largest absolute Gasteiger partial charge is 0.321 e. The van der Waals surface area contributed by atoms with Crippen molar-refractivity contribution in [3.05, 3.63) is 18.0 Å². The van der Waals surface area contributed by atoms with Crippen molar-refractivity contribution in [3.8, 4) is 0 Å². The first kappa shape index (κ1) is 6.85. The molecule has 0 spiro atoms. The number of nitrogens with zero attached hydrogens (tertiary/aromatic N) is 1. The Labute approximate surface area is 66.0 Å². The number of nitrogens with one attached hydrogen (secondary N) is 1. The molecular formula is C8H13N3. The summed E-state index contributed by atoms with van der Waals surface area (Å²) < 4.78 is 0. The summed E-state index contributed by atoms with van der Waals surface area (Å²) in [6.45, 7) is 0. The molecule has 0 amide bonds. The SMILES string of the molecule is NC1(c2cn[nH]c2)CCCC1. The molecule has 1 saturated carbocycles. The average molecular weight is 151 g/mol. The maximum absolute atomic E-state index is 6.16. The smallest absolute Gasteiger partial charge is 0.0537 e. The number of H-pyrrole nitrogens is 1. The number of aromatic amines is 1. The van der Waals surface area contributed by atoms with Crippen LogP contribution in [0.5, 0.6) is 0 Å². The summed E-state index contributed by atoms with van der Waals surface area (Å²) in [4.78, 5) is 0. The number of nitrogens with two attached hydrogens (primary N) is 1. The first-order chi connectivity index (χ1) is 5.31. The molecule has 3 heteroatoms. The van der Waals surface area contributed by atoms with Crippen molar-refractivity contribution in [2.75, 3.05) is 0 Å². The second-order valence-electron chi connectivity index (χ2n) is 3.35. The van der Waals surface area contributed by atoms with Crippen LogP contribution in [0.1, 0.15) is 31.2 Å². The van der Waals surface area contributed by atoms with Gasteiger partial charge in [0, 0.05) is 17.3 Å². The van der Waals surface area contributed by atoms with E-state index in [1.807, 2.05) is 12.4 Å². The Morgan fingerprint density at radius 2 is 2.18 bits per heavy atom. The third kappa shape index (κ3) is 1.05. The lowest BCUT2D eigenvalue weighted by Gasteiger charge is -2.21. The average Bonchev–Trinajstić information content (AvgIpc) is 2.55. The van der Waals surface area contributed by atoms with Crippen LogP contribution in [-0.4, -0.2) is 10.2 Å². The van der Waals surface area contributed by atoms with Crippen molar-refractivity contribution in [1.29, 1.82) is 0 Å². The number of hydrogen-bond donors (Lipinski definition) is 2. The third-order valence-electron chi connectivity index (χ3n) is 2.57. The molecule has 11 heavy (non-hydrogen) atoms. The van der Waals surface area contributed by atoms with E-state index in [4.69, 9.17) is 5.73 Å². The van der Waals surface area contributed by atoms with Crippen LogP contribution in [0.4, 0.5) is 0 Å². The van der Waals surface area contributed by atoms with Crippen molar-refractivity contribution in [1.82, 2.24) is 10.2 Å². The second-order valence-corrected chi connectivity index (χ2v) is 3.35. The molecule has 1 heterocycles. The van der Waals surface area contributed by atoms with Gasteiger partial charge in [-0.2, -0.15) is 5.10 Å². The van der Waals surface area contributed by atoms with Gasteiger partial charge in [0.2, 0.25) is 0 Å². The summed E-state index contributed by atoms with van der Waals surface area (Å²) in [5.74, 6) is 0. The molecule has 2 rings (SSSR count). The molecule has 0 aliphatic heterocycles. The summed E-state index contributed by atoms with van der Waals surface area (Å²) in [5.41, 5.74) is 7.25. The van der Waals surface area contributed by atoms with Crippen LogP contribution in [0.3, 0.4) is 0 Å². The molecule has 0 radical (unpaired) electrons. The first-order valence-electron chi connectivity index (χ1n) is 4.09. The van der Waals surface area contributed by atoms with Gasteiger partial charge in [0.15, 0.2) is 0 Å². The van der Waals surface area contributed by atoms with Gasteiger partial charge < -0.3 is 5.73 Å². The van der Waals surface area contributed by atoms with Crippen LogP contribution < -0.4 is 5.73 Å². The highest BCUT2D eigenvalue weighted by molar-refractivity contribution is 5.18. The van der Waals surface area contributed by atoms with E-state index in [-0.39, 0.29) is 5.54 Å². The Kier molecular flexibility index (Phi) is 1.46. The molecule has 0 bridgehead atoms. The maximum Gasteiger partial charge on any atom is 0.0537 e. The number of rotatable bonds is 1. The van der Waals surface area contributed by atoms with E-state index in [1.54, 1.807) is 0 Å². The van der Waals surface area contributed by atoms with Gasteiger partial charge in [-0.15, -0.1) is 0 Å². The Hall–Kier alpha value is -0.830.